The molecule has 6 heteroatoms. The lowest BCUT2D eigenvalue weighted by molar-refractivity contribution is -0.129. The van der Waals surface area contributed by atoms with Crippen LogP contribution in [0.2, 0.25) is 0 Å². The summed E-state index contributed by atoms with van der Waals surface area (Å²) in [4.78, 5) is 26.8. The molecule has 27 heavy (non-hydrogen) atoms. The monoisotopic (exact) mass is 367 g/mol. The zero-order valence-electron chi connectivity index (χ0n) is 15.8. The highest BCUT2D eigenvalue weighted by atomic mass is 16.5. The fraction of sp³-hybridized carbons (Fsp3) is 0.476. The standard InChI is InChI=1S/C21H25N3O3/c1-13-19(14(2)27-23-13)7-8-20(25)22-17-11-21(26)24(12-17)18-9-15-5-3-4-6-16(15)10-18/h3-6,17-18H,7-12H2,1-2H3,(H,22,25)/t17-/m1/s1. The van der Waals surface area contributed by atoms with Gasteiger partial charge in [0.1, 0.15) is 5.76 Å². The summed E-state index contributed by atoms with van der Waals surface area (Å²) in [7, 11) is 0. The second-order valence-electron chi connectivity index (χ2n) is 7.65. The summed E-state index contributed by atoms with van der Waals surface area (Å²) in [5, 5.41) is 6.95. The molecule has 1 aromatic carbocycles. The van der Waals surface area contributed by atoms with Crippen molar-refractivity contribution in [3.05, 3.63) is 52.4 Å². The number of carbonyl (C=O) groups excluding carboxylic acids is 2. The van der Waals surface area contributed by atoms with Crippen molar-refractivity contribution in [1.29, 1.82) is 0 Å². The number of amides is 2. The molecule has 2 heterocycles. The van der Waals surface area contributed by atoms with Crippen LogP contribution >= 0.6 is 0 Å². The number of fused-ring (bicyclic) bond motifs is 1. The SMILES string of the molecule is Cc1noc(C)c1CCC(=O)N[C@@H]1CC(=O)N(C2Cc3ccccc3C2)C1. The van der Waals surface area contributed by atoms with Crippen molar-refractivity contribution in [3.8, 4) is 0 Å². The van der Waals surface area contributed by atoms with Crippen LogP contribution in [0.3, 0.4) is 0 Å². The molecular weight excluding hydrogens is 342 g/mol. The summed E-state index contributed by atoms with van der Waals surface area (Å²) < 4.78 is 5.14. The predicted octanol–water partition coefficient (Wildman–Crippen LogP) is 2.11. The topological polar surface area (TPSA) is 75.4 Å². The highest BCUT2D eigenvalue weighted by Gasteiger charge is 2.37. The van der Waals surface area contributed by atoms with Crippen LogP contribution in [-0.2, 0) is 28.9 Å². The summed E-state index contributed by atoms with van der Waals surface area (Å²) in [5.41, 5.74) is 4.51. The Morgan fingerprint density at radius 2 is 1.93 bits per heavy atom. The summed E-state index contributed by atoms with van der Waals surface area (Å²) in [6.07, 6.45) is 3.20. The molecule has 1 N–H and O–H groups in total. The van der Waals surface area contributed by atoms with Gasteiger partial charge in [0.2, 0.25) is 11.8 Å². The highest BCUT2D eigenvalue weighted by molar-refractivity contribution is 5.82. The number of nitrogens with one attached hydrogen (secondary N) is 1. The smallest absolute Gasteiger partial charge is 0.225 e. The van der Waals surface area contributed by atoms with Crippen LogP contribution in [0.15, 0.2) is 28.8 Å². The van der Waals surface area contributed by atoms with Gasteiger partial charge >= 0.3 is 0 Å². The Morgan fingerprint density at radius 3 is 2.56 bits per heavy atom. The molecule has 1 aromatic heterocycles. The molecule has 0 spiro atoms. The molecular formula is C21H25N3O3. The molecule has 0 unspecified atom stereocenters. The van der Waals surface area contributed by atoms with E-state index in [0.29, 0.717) is 25.8 Å². The number of rotatable bonds is 5. The number of aromatic nitrogens is 1. The number of aryl methyl sites for hydroxylation is 2. The first-order chi connectivity index (χ1) is 13.0. The molecule has 4 rings (SSSR count). The molecule has 142 valence electrons. The van der Waals surface area contributed by atoms with E-state index >= 15 is 0 Å². The Kier molecular flexibility index (Phi) is 4.72. The Balaban J connectivity index is 1.30. The van der Waals surface area contributed by atoms with Crippen molar-refractivity contribution in [2.45, 2.75) is 58.0 Å². The summed E-state index contributed by atoms with van der Waals surface area (Å²) in [6, 6.07) is 8.51. The van der Waals surface area contributed by atoms with Gasteiger partial charge in [-0.25, -0.2) is 0 Å². The molecule has 0 radical (unpaired) electrons. The molecule has 1 saturated heterocycles. The van der Waals surface area contributed by atoms with Crippen molar-refractivity contribution < 1.29 is 14.1 Å². The summed E-state index contributed by atoms with van der Waals surface area (Å²) in [6.45, 7) is 4.35. The second-order valence-corrected chi connectivity index (χ2v) is 7.65. The van der Waals surface area contributed by atoms with E-state index in [-0.39, 0.29) is 23.9 Å². The van der Waals surface area contributed by atoms with E-state index in [0.717, 1.165) is 29.9 Å². The summed E-state index contributed by atoms with van der Waals surface area (Å²) >= 11 is 0. The van der Waals surface area contributed by atoms with E-state index < -0.39 is 0 Å². The maximum atomic E-state index is 12.5. The molecule has 2 aliphatic rings. The molecule has 6 nitrogen and oxygen atoms in total. The lowest BCUT2D eigenvalue weighted by atomic mass is 10.1. The molecule has 1 fully saturated rings. The minimum absolute atomic E-state index is 0.0237. The Hall–Kier alpha value is -2.63. The van der Waals surface area contributed by atoms with Crippen LogP contribution in [0.25, 0.3) is 0 Å². The van der Waals surface area contributed by atoms with Gasteiger partial charge in [-0.05, 0) is 44.2 Å². The van der Waals surface area contributed by atoms with Crippen LogP contribution in [-0.4, -0.2) is 40.5 Å². The quantitative estimate of drug-likeness (QED) is 0.878. The fourth-order valence-electron chi connectivity index (χ4n) is 4.33. The predicted molar refractivity (Wildman–Crippen MR) is 100 cm³/mol. The van der Waals surface area contributed by atoms with Crippen LogP contribution in [0.4, 0.5) is 0 Å². The number of hydrogen-bond acceptors (Lipinski definition) is 4. The van der Waals surface area contributed by atoms with Gasteiger partial charge in [-0.1, -0.05) is 29.4 Å². The van der Waals surface area contributed by atoms with Gasteiger partial charge in [-0.15, -0.1) is 0 Å². The van der Waals surface area contributed by atoms with Crippen LogP contribution in [0, 0.1) is 13.8 Å². The average Bonchev–Trinajstić information content (AvgIpc) is 3.31. The van der Waals surface area contributed by atoms with Crippen molar-refractivity contribution >= 4 is 11.8 Å². The van der Waals surface area contributed by atoms with Crippen molar-refractivity contribution in [1.82, 2.24) is 15.4 Å². The van der Waals surface area contributed by atoms with Gasteiger partial charge in [0.05, 0.1) is 11.7 Å². The molecule has 0 saturated carbocycles. The number of hydrogen-bond donors (Lipinski definition) is 1. The maximum absolute atomic E-state index is 12.5. The zero-order chi connectivity index (χ0) is 19.0. The first-order valence-corrected chi connectivity index (χ1v) is 9.58. The first-order valence-electron chi connectivity index (χ1n) is 9.58. The van der Waals surface area contributed by atoms with Gasteiger partial charge < -0.3 is 14.7 Å². The van der Waals surface area contributed by atoms with Gasteiger partial charge in [0, 0.05) is 31.0 Å². The van der Waals surface area contributed by atoms with E-state index in [1.165, 1.54) is 11.1 Å². The molecule has 0 bridgehead atoms. The van der Waals surface area contributed by atoms with E-state index in [2.05, 4.69) is 34.7 Å². The molecule has 1 aliphatic carbocycles. The molecule has 1 atom stereocenters. The van der Waals surface area contributed by atoms with E-state index in [4.69, 9.17) is 4.52 Å². The Morgan fingerprint density at radius 1 is 1.22 bits per heavy atom. The lowest BCUT2D eigenvalue weighted by Gasteiger charge is -2.24. The average molecular weight is 367 g/mol. The van der Waals surface area contributed by atoms with Gasteiger partial charge in [0.25, 0.3) is 0 Å². The zero-order valence-corrected chi connectivity index (χ0v) is 15.8. The molecule has 2 amide bonds. The maximum Gasteiger partial charge on any atom is 0.225 e. The summed E-state index contributed by atoms with van der Waals surface area (Å²) in [5.74, 6) is 0.886. The minimum atomic E-state index is -0.0987. The van der Waals surface area contributed by atoms with Crippen molar-refractivity contribution in [3.63, 3.8) is 0 Å². The van der Waals surface area contributed by atoms with Crippen LogP contribution in [0.1, 0.15) is 41.0 Å². The highest BCUT2D eigenvalue weighted by Crippen LogP contribution is 2.28. The van der Waals surface area contributed by atoms with Gasteiger partial charge in [-0.3, -0.25) is 9.59 Å². The van der Waals surface area contributed by atoms with Crippen molar-refractivity contribution in [2.75, 3.05) is 6.54 Å². The van der Waals surface area contributed by atoms with E-state index in [9.17, 15) is 9.59 Å². The third-order valence-corrected chi connectivity index (χ3v) is 5.78. The van der Waals surface area contributed by atoms with Gasteiger partial charge in [-0.2, -0.15) is 0 Å². The van der Waals surface area contributed by atoms with E-state index in [1.807, 2.05) is 18.7 Å². The molecule has 2 aromatic rings. The number of benzene rings is 1. The van der Waals surface area contributed by atoms with Crippen LogP contribution < -0.4 is 5.32 Å². The largest absolute Gasteiger partial charge is 0.361 e. The third-order valence-electron chi connectivity index (χ3n) is 5.78. The van der Waals surface area contributed by atoms with Crippen LogP contribution in [0.5, 0.6) is 0 Å². The number of nitrogens with zero attached hydrogens (tertiary/aromatic N) is 2. The lowest BCUT2D eigenvalue weighted by Crippen LogP contribution is -2.41. The fourth-order valence-corrected chi connectivity index (χ4v) is 4.33. The normalized spacial score (nSPS) is 19.6. The second kappa shape index (κ2) is 7.18. The third kappa shape index (κ3) is 3.61. The molecule has 1 aliphatic heterocycles. The van der Waals surface area contributed by atoms with Gasteiger partial charge in [0.15, 0.2) is 0 Å². The minimum Gasteiger partial charge on any atom is -0.361 e. The Bertz CT molecular complexity index is 829. The Labute approximate surface area is 158 Å². The van der Waals surface area contributed by atoms with E-state index in [1.54, 1.807) is 0 Å². The number of likely N-dealkylation sites (tertiary alicyclic amines) is 1. The number of carbonyl (C=O) groups is 2. The first kappa shape index (κ1) is 17.8. The van der Waals surface area contributed by atoms with Crippen molar-refractivity contribution in [2.24, 2.45) is 0 Å².